The molecule has 0 unspecified atom stereocenters. The second kappa shape index (κ2) is 14.2. The SMILES string of the molecule is COC(=O)[C@H]1[C@H]2C[C@@H]3c4[nH]c5cc(OC)ccc5c4CCN3C[C@H]2C[C@@H](OC(=O)c2cc(OC)c(OC)c(OC)c2)[C@@H]1OC.NN. The second-order valence-corrected chi connectivity index (χ2v) is 11.7. The van der Waals surface area contributed by atoms with Crippen LogP contribution in [0.4, 0.5) is 0 Å². The van der Waals surface area contributed by atoms with Crippen LogP contribution in [-0.4, -0.2) is 89.8 Å². The number of ether oxygens (including phenoxy) is 7. The Bertz CT molecular complexity index is 1530. The third-order valence-electron chi connectivity index (χ3n) is 9.76. The van der Waals surface area contributed by atoms with E-state index in [0.717, 1.165) is 37.2 Å². The predicted molar refractivity (Wildman–Crippen MR) is 169 cm³/mol. The first-order chi connectivity index (χ1) is 22.3. The molecule has 3 heterocycles. The smallest absolute Gasteiger partial charge is 0.338 e. The molecule has 3 aromatic rings. The Morgan fingerprint density at radius 2 is 1.63 bits per heavy atom. The molecule has 0 amide bonds. The fourth-order valence-corrected chi connectivity index (χ4v) is 7.76. The Hall–Kier alpha value is -4.04. The van der Waals surface area contributed by atoms with E-state index in [0.29, 0.717) is 23.7 Å². The van der Waals surface area contributed by atoms with Crippen molar-refractivity contribution in [2.75, 3.05) is 55.7 Å². The molecule has 5 N–H and O–H groups in total. The molecule has 6 rings (SSSR count). The van der Waals surface area contributed by atoms with Crippen LogP contribution in [0.3, 0.4) is 0 Å². The third-order valence-corrected chi connectivity index (χ3v) is 9.76. The van der Waals surface area contributed by atoms with Gasteiger partial charge in [0, 0.05) is 42.9 Å². The van der Waals surface area contributed by atoms with Gasteiger partial charge in [-0.05, 0) is 60.9 Å². The molecule has 2 aromatic carbocycles. The fraction of sp³-hybridized carbons (Fsp3) is 0.515. The van der Waals surface area contributed by atoms with Crippen LogP contribution in [0.15, 0.2) is 30.3 Å². The molecule has 6 atom stereocenters. The van der Waals surface area contributed by atoms with E-state index < -0.39 is 24.1 Å². The molecule has 0 bridgehead atoms. The number of carbonyl (C=O) groups excluding carboxylic acids is 2. The number of hydrazine groups is 1. The second-order valence-electron chi connectivity index (χ2n) is 11.7. The Morgan fingerprint density at radius 1 is 0.913 bits per heavy atom. The summed E-state index contributed by atoms with van der Waals surface area (Å²) in [5, 5.41) is 1.21. The van der Waals surface area contributed by atoms with E-state index in [1.54, 1.807) is 26.4 Å². The molecule has 1 aliphatic carbocycles. The van der Waals surface area contributed by atoms with Gasteiger partial charge in [0.05, 0.1) is 53.1 Å². The van der Waals surface area contributed by atoms with Crippen LogP contribution in [0.25, 0.3) is 10.9 Å². The fourth-order valence-electron chi connectivity index (χ4n) is 7.76. The van der Waals surface area contributed by atoms with E-state index in [1.807, 2.05) is 12.1 Å². The van der Waals surface area contributed by atoms with Crippen LogP contribution >= 0.6 is 0 Å². The summed E-state index contributed by atoms with van der Waals surface area (Å²) in [6.07, 6.45) is 0.920. The summed E-state index contributed by atoms with van der Waals surface area (Å²) in [6.45, 7) is 1.68. The van der Waals surface area contributed by atoms with Gasteiger partial charge in [0.2, 0.25) is 5.75 Å². The number of fused-ring (bicyclic) bond motifs is 6. The summed E-state index contributed by atoms with van der Waals surface area (Å²) in [7, 11) is 9.10. The Balaban J connectivity index is 0.00000204. The number of hydrogen-bond donors (Lipinski definition) is 3. The van der Waals surface area contributed by atoms with E-state index in [9.17, 15) is 9.59 Å². The van der Waals surface area contributed by atoms with Gasteiger partial charge >= 0.3 is 11.9 Å². The molecule has 2 aliphatic heterocycles. The minimum absolute atomic E-state index is 0.0170. The third kappa shape index (κ3) is 5.83. The maximum absolute atomic E-state index is 13.5. The number of methoxy groups -OCH3 is 6. The number of piperidine rings is 1. The minimum atomic E-state index is -0.670. The quantitative estimate of drug-likeness (QED) is 0.187. The standard InChI is InChI=1S/C33H40N2O9.H4N2/c1-38-19-7-8-20-21-9-10-35-16-18-13-27(44-32(36)17-11-25(39-2)30(41-4)26(12-17)40-3)31(42-5)28(33(37)43-6)22(18)15-24(35)29(21)34-23(20)14-19;1-2/h7-8,11-12,14,18,22,24,27-28,31,34H,9-10,13,15-16H2,1-6H3;1-2H2/t18-,22+,24-,27-,28+,31+;/m1./s1. The number of carbonyl (C=O) groups is 2. The number of nitrogens with two attached hydrogens (primary N) is 2. The molecule has 46 heavy (non-hydrogen) atoms. The molecule has 1 aromatic heterocycles. The van der Waals surface area contributed by atoms with Crippen molar-refractivity contribution < 1.29 is 42.7 Å². The van der Waals surface area contributed by atoms with Crippen LogP contribution in [0.5, 0.6) is 23.0 Å². The zero-order chi connectivity index (χ0) is 33.1. The van der Waals surface area contributed by atoms with Gasteiger partial charge in [-0.1, -0.05) is 0 Å². The highest BCUT2D eigenvalue weighted by molar-refractivity contribution is 5.91. The highest BCUT2D eigenvalue weighted by atomic mass is 16.6. The normalized spacial score (nSPS) is 25.1. The van der Waals surface area contributed by atoms with Gasteiger partial charge in [-0.25, -0.2) is 4.79 Å². The first kappa shape index (κ1) is 33.3. The van der Waals surface area contributed by atoms with E-state index in [-0.39, 0.29) is 29.4 Å². The summed E-state index contributed by atoms with van der Waals surface area (Å²) in [5.74, 6) is 8.44. The number of H-pyrrole nitrogens is 1. The van der Waals surface area contributed by atoms with E-state index in [2.05, 4.69) is 27.6 Å². The van der Waals surface area contributed by atoms with E-state index in [1.165, 1.54) is 45.1 Å². The number of aromatic nitrogens is 1. The molecular weight excluding hydrogens is 596 g/mol. The number of esters is 2. The number of nitrogens with one attached hydrogen (secondary N) is 1. The molecule has 13 nitrogen and oxygen atoms in total. The van der Waals surface area contributed by atoms with Crippen molar-refractivity contribution in [2.45, 2.75) is 37.5 Å². The van der Waals surface area contributed by atoms with Crippen molar-refractivity contribution in [1.29, 1.82) is 0 Å². The zero-order valence-corrected chi connectivity index (χ0v) is 27.2. The number of aromatic amines is 1. The highest BCUT2D eigenvalue weighted by Gasteiger charge is 2.54. The first-order valence-corrected chi connectivity index (χ1v) is 15.2. The molecule has 3 aliphatic rings. The molecule has 1 saturated carbocycles. The van der Waals surface area contributed by atoms with Crippen molar-refractivity contribution in [3.63, 3.8) is 0 Å². The minimum Gasteiger partial charge on any atom is -0.497 e. The van der Waals surface area contributed by atoms with E-state index in [4.69, 9.17) is 33.2 Å². The highest BCUT2D eigenvalue weighted by Crippen LogP contribution is 2.51. The summed E-state index contributed by atoms with van der Waals surface area (Å²) < 4.78 is 39.1. The van der Waals surface area contributed by atoms with Crippen molar-refractivity contribution in [2.24, 2.45) is 29.4 Å². The van der Waals surface area contributed by atoms with Gasteiger partial charge in [-0.2, -0.15) is 0 Å². The van der Waals surface area contributed by atoms with Gasteiger partial charge in [-0.3, -0.25) is 21.4 Å². The van der Waals surface area contributed by atoms with Crippen molar-refractivity contribution >= 4 is 22.8 Å². The Labute approximate surface area is 268 Å². The average molecular weight is 641 g/mol. The molecule has 13 heteroatoms. The zero-order valence-electron chi connectivity index (χ0n) is 27.2. The lowest BCUT2D eigenvalue weighted by Crippen LogP contribution is -2.58. The van der Waals surface area contributed by atoms with Crippen molar-refractivity contribution in [3.05, 3.63) is 47.2 Å². The van der Waals surface area contributed by atoms with Crippen LogP contribution in [0, 0.1) is 17.8 Å². The van der Waals surface area contributed by atoms with Crippen LogP contribution in [0.1, 0.15) is 40.5 Å². The summed E-state index contributed by atoms with van der Waals surface area (Å²) >= 11 is 0. The van der Waals surface area contributed by atoms with Crippen LogP contribution in [-0.2, 0) is 25.4 Å². The summed E-state index contributed by atoms with van der Waals surface area (Å²) in [4.78, 5) is 33.1. The van der Waals surface area contributed by atoms with Crippen molar-refractivity contribution in [3.8, 4) is 23.0 Å². The monoisotopic (exact) mass is 640 g/mol. The number of rotatable bonds is 8. The van der Waals surface area contributed by atoms with Gasteiger partial charge in [-0.15, -0.1) is 0 Å². The maximum atomic E-state index is 13.5. The molecule has 250 valence electrons. The number of benzene rings is 2. The Kier molecular flexibility index (Phi) is 10.3. The molecule has 2 fully saturated rings. The molecular formula is C33H44N4O9. The van der Waals surface area contributed by atoms with Gasteiger partial charge in [0.15, 0.2) is 11.5 Å². The molecule has 1 saturated heterocycles. The number of hydrogen-bond acceptors (Lipinski definition) is 12. The molecule has 0 spiro atoms. The summed E-state index contributed by atoms with van der Waals surface area (Å²) in [6, 6.07) is 9.40. The lowest BCUT2D eigenvalue weighted by atomic mass is 9.63. The van der Waals surface area contributed by atoms with Gasteiger partial charge < -0.3 is 38.1 Å². The molecule has 0 radical (unpaired) electrons. The number of nitrogens with zero attached hydrogens (tertiary/aromatic N) is 1. The predicted octanol–water partition coefficient (Wildman–Crippen LogP) is 2.99. The van der Waals surface area contributed by atoms with Gasteiger partial charge in [0.1, 0.15) is 18.0 Å². The topological polar surface area (TPSA) is 170 Å². The lowest BCUT2D eigenvalue weighted by Gasteiger charge is -2.52. The lowest BCUT2D eigenvalue weighted by molar-refractivity contribution is -0.176. The maximum Gasteiger partial charge on any atom is 0.338 e. The van der Waals surface area contributed by atoms with Crippen LogP contribution in [0.2, 0.25) is 0 Å². The average Bonchev–Trinajstić information content (AvgIpc) is 3.48. The van der Waals surface area contributed by atoms with Crippen LogP contribution < -0.4 is 30.6 Å². The van der Waals surface area contributed by atoms with Crippen molar-refractivity contribution in [1.82, 2.24) is 9.88 Å². The van der Waals surface area contributed by atoms with Gasteiger partial charge in [0.25, 0.3) is 0 Å². The summed E-state index contributed by atoms with van der Waals surface area (Å²) in [5.41, 5.74) is 3.83. The largest absolute Gasteiger partial charge is 0.497 e. The van der Waals surface area contributed by atoms with E-state index >= 15 is 0 Å². The first-order valence-electron chi connectivity index (χ1n) is 15.2. The Morgan fingerprint density at radius 3 is 2.24 bits per heavy atom.